The first kappa shape index (κ1) is 9.91. The van der Waals surface area contributed by atoms with E-state index in [2.05, 4.69) is 0 Å². The van der Waals surface area contributed by atoms with Crippen LogP contribution in [0.2, 0.25) is 0 Å². The molecule has 0 aliphatic heterocycles. The average molecular weight is 197 g/mol. The first-order valence-corrected chi connectivity index (χ1v) is 2.75. The fourth-order valence-electron chi connectivity index (χ4n) is 0.618. The maximum atomic E-state index is 9.86. The van der Waals surface area contributed by atoms with Crippen LogP contribution in [0.1, 0.15) is 0 Å². The summed E-state index contributed by atoms with van der Waals surface area (Å²) in [5.74, 6) is 0. The summed E-state index contributed by atoms with van der Waals surface area (Å²) in [6.45, 7) is 0. The van der Waals surface area contributed by atoms with Gasteiger partial charge in [-0.1, -0.05) is 18.2 Å². The molecule has 4 nitrogen and oxygen atoms in total. The Balaban J connectivity index is 0.000001000. The Morgan fingerprint density at radius 2 is 1.82 bits per heavy atom. The maximum Gasteiger partial charge on any atom is 0.162 e. The van der Waals surface area contributed by atoms with Crippen LogP contribution in [0.15, 0.2) is 30.3 Å². The second-order valence-corrected chi connectivity index (χ2v) is 1.73. The summed E-state index contributed by atoms with van der Waals surface area (Å²) in [7, 11) is 0. The molecule has 1 aromatic carbocycles. The van der Waals surface area contributed by atoms with Crippen molar-refractivity contribution in [3.8, 4) is 0 Å². The predicted octanol–water partition coefficient (Wildman–Crippen LogP) is 1.29. The van der Waals surface area contributed by atoms with E-state index >= 15 is 0 Å². The third-order valence-electron chi connectivity index (χ3n) is 0.994. The molecule has 0 aliphatic carbocycles. The van der Waals surface area contributed by atoms with Gasteiger partial charge in [0.2, 0.25) is 0 Å². The minimum atomic E-state index is -0.588. The Morgan fingerprint density at radius 1 is 1.27 bits per heavy atom. The Bertz CT molecular complexity index is 227. The van der Waals surface area contributed by atoms with Gasteiger partial charge in [0, 0.05) is 16.5 Å². The van der Waals surface area contributed by atoms with Crippen LogP contribution in [-0.4, -0.2) is 5.03 Å². The van der Waals surface area contributed by atoms with Gasteiger partial charge in [-0.05, 0) is 12.1 Å². The van der Waals surface area contributed by atoms with Gasteiger partial charge >= 0.3 is 0 Å². The summed E-state index contributed by atoms with van der Waals surface area (Å²) in [4.78, 5) is 9.86. The van der Waals surface area contributed by atoms with Crippen LogP contribution in [0, 0.1) is 10.1 Å². The molecule has 0 heterocycles. The number of hydrazine groups is 1. The van der Waals surface area contributed by atoms with E-state index < -0.39 is 5.03 Å². The number of anilines is 1. The van der Waals surface area contributed by atoms with Crippen molar-refractivity contribution < 1.29 is 21.5 Å². The van der Waals surface area contributed by atoms with Crippen LogP contribution in [0.5, 0.6) is 0 Å². The molecule has 0 saturated carbocycles. The number of para-hydroxylation sites is 1. The molecule has 0 aromatic heterocycles. The second-order valence-electron chi connectivity index (χ2n) is 1.73. The molecule has 62 valence electrons. The van der Waals surface area contributed by atoms with E-state index in [4.69, 9.17) is 0 Å². The maximum absolute atomic E-state index is 9.86. The van der Waals surface area contributed by atoms with Crippen LogP contribution in [0.25, 0.3) is 0 Å². The van der Waals surface area contributed by atoms with Gasteiger partial charge in [-0.2, -0.15) is 0 Å². The molecule has 1 N–H and O–H groups in total. The van der Waals surface area contributed by atoms with Gasteiger partial charge in [0.1, 0.15) is 5.69 Å². The van der Waals surface area contributed by atoms with Gasteiger partial charge in [-0.3, -0.25) is 0 Å². The van der Waals surface area contributed by atoms with Crippen LogP contribution in [-0.2, 0) is 16.5 Å². The molecule has 1 aromatic rings. The molecule has 0 radical (unpaired) electrons. The van der Waals surface area contributed by atoms with Gasteiger partial charge < -0.3 is 0 Å². The number of hydrogen-bond acceptors (Lipinski definition) is 2. The summed E-state index contributed by atoms with van der Waals surface area (Å²) in [5, 5.41) is 9.28. The minimum Gasteiger partial charge on any atom is -0.235 e. The molecule has 5 heteroatoms. The van der Waals surface area contributed by atoms with Crippen molar-refractivity contribution in [2.24, 2.45) is 0 Å². The fraction of sp³-hybridized carbons (Fsp3) is 0. The monoisotopic (exact) mass is 196 g/mol. The van der Waals surface area contributed by atoms with Crippen molar-refractivity contribution in [3.63, 3.8) is 0 Å². The van der Waals surface area contributed by atoms with Gasteiger partial charge in [0.15, 0.2) is 5.03 Å². The van der Waals surface area contributed by atoms with Gasteiger partial charge in [0.05, 0.1) is 0 Å². The Hall–Kier alpha value is -1.09. The number of nitrogens with one attached hydrogen (secondary N) is 1. The van der Waals surface area contributed by atoms with Crippen molar-refractivity contribution in [1.82, 2.24) is 0 Å². The topological polar surface area (TPSA) is 55.2 Å². The summed E-state index contributed by atoms with van der Waals surface area (Å²) in [5.41, 5.74) is 2.52. The molecule has 0 spiro atoms. The largest absolute Gasteiger partial charge is 0.235 e. The molecule has 0 amide bonds. The fourth-order valence-corrected chi connectivity index (χ4v) is 0.618. The third-order valence-corrected chi connectivity index (χ3v) is 0.994. The van der Waals surface area contributed by atoms with Gasteiger partial charge in [-0.15, -0.1) is 5.43 Å². The smallest absolute Gasteiger partial charge is 0.162 e. The number of hydrogen-bond donors (Lipinski definition) is 1. The number of rotatable bonds is 2. The summed E-state index contributed by atoms with van der Waals surface area (Å²) < 4.78 is 0. The minimum absolute atomic E-state index is 0. The number of nitrogens with zero attached hydrogens (tertiary/aromatic N) is 1. The zero-order chi connectivity index (χ0) is 7.40. The molecule has 0 aliphatic rings. The standard InChI is InChI=1S/C6H6N2O2.Ni/c9-8(10)7-6-4-2-1-3-5-6;/h1-5,7H;. The molecule has 0 atom stereocenters. The van der Waals surface area contributed by atoms with E-state index in [-0.39, 0.29) is 16.5 Å². The quantitative estimate of drug-likeness (QED) is 0.441. The van der Waals surface area contributed by atoms with Gasteiger partial charge in [0.25, 0.3) is 0 Å². The molecule has 1 rings (SSSR count). The third kappa shape index (κ3) is 3.58. The van der Waals surface area contributed by atoms with Crippen LogP contribution in [0.4, 0.5) is 5.69 Å². The summed E-state index contributed by atoms with van der Waals surface area (Å²) in [6.07, 6.45) is 0. The zero-order valence-electron chi connectivity index (χ0n) is 5.47. The molecule has 0 fully saturated rings. The molecule has 0 unspecified atom stereocenters. The van der Waals surface area contributed by atoms with Crippen LogP contribution in [0.3, 0.4) is 0 Å². The average Bonchev–Trinajstić information content (AvgIpc) is 1.88. The Morgan fingerprint density at radius 3 is 2.27 bits per heavy atom. The van der Waals surface area contributed by atoms with E-state index in [0.29, 0.717) is 5.69 Å². The number of nitro groups is 1. The van der Waals surface area contributed by atoms with Crippen molar-refractivity contribution in [2.75, 3.05) is 5.43 Å². The van der Waals surface area contributed by atoms with Crippen LogP contribution < -0.4 is 5.43 Å². The summed E-state index contributed by atoms with van der Waals surface area (Å²) >= 11 is 0. The van der Waals surface area contributed by atoms with E-state index in [1.54, 1.807) is 30.3 Å². The van der Waals surface area contributed by atoms with Crippen molar-refractivity contribution in [2.45, 2.75) is 0 Å². The van der Waals surface area contributed by atoms with Crippen LogP contribution >= 0.6 is 0 Å². The van der Waals surface area contributed by atoms with E-state index in [9.17, 15) is 10.1 Å². The first-order valence-electron chi connectivity index (χ1n) is 2.75. The van der Waals surface area contributed by atoms with Gasteiger partial charge in [-0.25, -0.2) is 10.1 Å². The normalized spacial score (nSPS) is 8.00. The molecule has 0 bridgehead atoms. The molecule has 11 heavy (non-hydrogen) atoms. The predicted molar refractivity (Wildman–Crippen MR) is 37.1 cm³/mol. The number of benzene rings is 1. The van der Waals surface area contributed by atoms with E-state index in [0.717, 1.165) is 0 Å². The first-order chi connectivity index (χ1) is 4.79. The SMILES string of the molecule is O=[N+]([O-])Nc1ccccc1.[Ni]. The molecule has 0 saturated heterocycles. The van der Waals surface area contributed by atoms with Crippen molar-refractivity contribution in [1.29, 1.82) is 0 Å². The Kier molecular flexibility index (Phi) is 4.22. The van der Waals surface area contributed by atoms with Crippen molar-refractivity contribution >= 4 is 5.69 Å². The second kappa shape index (κ2) is 4.69. The molecular weight excluding hydrogens is 191 g/mol. The van der Waals surface area contributed by atoms with E-state index in [1.807, 2.05) is 5.43 Å². The van der Waals surface area contributed by atoms with E-state index in [1.165, 1.54) is 0 Å². The molecular formula is C6H6N2NiO2. The van der Waals surface area contributed by atoms with Crippen molar-refractivity contribution in [3.05, 3.63) is 40.4 Å². The summed E-state index contributed by atoms with van der Waals surface area (Å²) in [6, 6.07) is 8.51. The Labute approximate surface area is 73.7 Å². The zero-order valence-corrected chi connectivity index (χ0v) is 6.45.